The number of nitrogens with two attached hydrogens (primary N) is 1. The van der Waals surface area contributed by atoms with Gasteiger partial charge >= 0.3 is 0 Å². The van der Waals surface area contributed by atoms with Gasteiger partial charge in [0.25, 0.3) is 11.6 Å². The second-order valence-electron chi connectivity index (χ2n) is 4.69. The third-order valence-electron chi connectivity index (χ3n) is 3.33. The molecular formula is C13H17N3O4. The van der Waals surface area contributed by atoms with E-state index in [1.807, 2.05) is 6.92 Å². The highest BCUT2D eigenvalue weighted by molar-refractivity contribution is 5.99. The number of hydrogen-bond donors (Lipinski definition) is 1. The Bertz CT molecular complexity index is 532. The third kappa shape index (κ3) is 2.88. The number of nitrogens with zero attached hydrogens (tertiary/aromatic N) is 2. The van der Waals surface area contributed by atoms with E-state index in [2.05, 4.69) is 0 Å². The fraction of sp³-hybridized carbons (Fsp3) is 0.462. The fourth-order valence-electron chi connectivity index (χ4n) is 2.21. The molecule has 0 saturated carbocycles. The number of nitro benzene ring substituents is 1. The molecule has 0 bridgehead atoms. The van der Waals surface area contributed by atoms with Gasteiger partial charge in [0.05, 0.1) is 17.6 Å². The smallest absolute Gasteiger partial charge is 0.282 e. The molecule has 1 aliphatic rings. The van der Waals surface area contributed by atoms with Crippen LogP contribution in [0.3, 0.4) is 0 Å². The van der Waals surface area contributed by atoms with Crippen LogP contribution in [0.25, 0.3) is 0 Å². The van der Waals surface area contributed by atoms with Gasteiger partial charge in [-0.2, -0.15) is 0 Å². The number of nitrogen functional groups attached to an aromatic ring is 1. The number of carbonyl (C=O) groups excluding carboxylic acids is 1. The Balaban J connectivity index is 2.28. The molecule has 1 heterocycles. The van der Waals surface area contributed by atoms with Gasteiger partial charge in [-0.1, -0.05) is 6.92 Å². The number of ether oxygens (including phenoxy) is 1. The van der Waals surface area contributed by atoms with Crippen LogP contribution in [0.4, 0.5) is 11.4 Å². The summed E-state index contributed by atoms with van der Waals surface area (Å²) in [5.74, 6) is -0.370. The Hall–Kier alpha value is -2.15. The molecule has 2 rings (SSSR count). The summed E-state index contributed by atoms with van der Waals surface area (Å²) in [5.41, 5.74) is 5.78. The Morgan fingerprint density at radius 2 is 2.35 bits per heavy atom. The first-order valence-electron chi connectivity index (χ1n) is 6.47. The van der Waals surface area contributed by atoms with E-state index in [0.717, 1.165) is 6.42 Å². The molecule has 20 heavy (non-hydrogen) atoms. The summed E-state index contributed by atoms with van der Waals surface area (Å²) in [5, 5.41) is 11.0. The molecule has 2 N–H and O–H groups in total. The lowest BCUT2D eigenvalue weighted by Crippen LogP contribution is -2.45. The van der Waals surface area contributed by atoms with E-state index >= 15 is 0 Å². The molecule has 0 aliphatic carbocycles. The van der Waals surface area contributed by atoms with Crippen molar-refractivity contribution in [3.8, 4) is 0 Å². The number of morpholine rings is 1. The van der Waals surface area contributed by atoms with Crippen molar-refractivity contribution in [2.75, 3.05) is 25.4 Å². The molecule has 7 heteroatoms. The van der Waals surface area contributed by atoms with E-state index < -0.39 is 4.92 Å². The van der Waals surface area contributed by atoms with Crippen molar-refractivity contribution < 1.29 is 14.5 Å². The molecular weight excluding hydrogens is 262 g/mol. The average Bonchev–Trinajstić information content (AvgIpc) is 2.46. The van der Waals surface area contributed by atoms with Crippen LogP contribution < -0.4 is 5.73 Å². The lowest BCUT2D eigenvalue weighted by Gasteiger charge is -2.32. The quantitative estimate of drug-likeness (QED) is 0.512. The van der Waals surface area contributed by atoms with Crippen molar-refractivity contribution in [1.82, 2.24) is 4.90 Å². The van der Waals surface area contributed by atoms with E-state index in [9.17, 15) is 14.9 Å². The maximum Gasteiger partial charge on any atom is 0.282 e. The van der Waals surface area contributed by atoms with Crippen LogP contribution in [0.15, 0.2) is 18.2 Å². The van der Waals surface area contributed by atoms with Crippen LogP contribution in [-0.2, 0) is 4.74 Å². The van der Waals surface area contributed by atoms with Crippen molar-refractivity contribution >= 4 is 17.3 Å². The first-order valence-corrected chi connectivity index (χ1v) is 6.47. The maximum atomic E-state index is 12.4. The Morgan fingerprint density at radius 3 is 3.00 bits per heavy atom. The largest absolute Gasteiger partial charge is 0.399 e. The highest BCUT2D eigenvalue weighted by Gasteiger charge is 2.28. The number of hydrogen-bond acceptors (Lipinski definition) is 5. The van der Waals surface area contributed by atoms with E-state index in [4.69, 9.17) is 10.5 Å². The molecule has 0 spiro atoms. The summed E-state index contributed by atoms with van der Waals surface area (Å²) >= 11 is 0. The van der Waals surface area contributed by atoms with Crippen molar-refractivity contribution in [3.05, 3.63) is 33.9 Å². The second-order valence-corrected chi connectivity index (χ2v) is 4.69. The first-order chi connectivity index (χ1) is 9.52. The van der Waals surface area contributed by atoms with Gasteiger partial charge in [0.15, 0.2) is 0 Å². The minimum absolute atomic E-state index is 0.0205. The van der Waals surface area contributed by atoms with Crippen LogP contribution >= 0.6 is 0 Å². The van der Waals surface area contributed by atoms with Gasteiger partial charge in [0.2, 0.25) is 0 Å². The van der Waals surface area contributed by atoms with Gasteiger partial charge in [-0.15, -0.1) is 0 Å². The zero-order chi connectivity index (χ0) is 14.7. The summed E-state index contributed by atoms with van der Waals surface area (Å²) in [6, 6.07) is 4.04. The number of amides is 1. The van der Waals surface area contributed by atoms with Gasteiger partial charge in [-0.05, 0) is 18.6 Å². The average molecular weight is 279 g/mol. The predicted octanol–water partition coefficient (Wildman–Crippen LogP) is 1.43. The highest BCUT2D eigenvalue weighted by Crippen LogP contribution is 2.24. The van der Waals surface area contributed by atoms with Crippen LogP contribution in [0, 0.1) is 10.1 Å². The van der Waals surface area contributed by atoms with Crippen LogP contribution in [0.1, 0.15) is 23.7 Å². The number of nitro groups is 1. The number of benzene rings is 1. The molecule has 1 amide bonds. The Labute approximate surface area is 116 Å². The van der Waals surface area contributed by atoms with E-state index in [1.165, 1.54) is 18.2 Å². The molecule has 1 aromatic rings. The lowest BCUT2D eigenvalue weighted by molar-refractivity contribution is -0.385. The number of rotatable bonds is 3. The molecule has 1 atom stereocenters. The van der Waals surface area contributed by atoms with Crippen molar-refractivity contribution in [2.24, 2.45) is 0 Å². The summed E-state index contributed by atoms with van der Waals surface area (Å²) in [4.78, 5) is 24.5. The van der Waals surface area contributed by atoms with E-state index in [0.29, 0.717) is 25.4 Å². The molecule has 1 aliphatic heterocycles. The zero-order valence-corrected chi connectivity index (χ0v) is 11.2. The van der Waals surface area contributed by atoms with Crippen molar-refractivity contribution in [3.63, 3.8) is 0 Å². The second kappa shape index (κ2) is 5.87. The van der Waals surface area contributed by atoms with Crippen LogP contribution in [0.2, 0.25) is 0 Å². The minimum atomic E-state index is -0.565. The molecule has 0 radical (unpaired) electrons. The zero-order valence-electron chi connectivity index (χ0n) is 11.2. The van der Waals surface area contributed by atoms with Crippen LogP contribution in [-0.4, -0.2) is 41.5 Å². The SMILES string of the molecule is CCC1CN(C(=O)c2cc(N)ccc2[N+](=O)[O-])CCO1. The van der Waals surface area contributed by atoms with Gasteiger partial charge in [-0.25, -0.2) is 0 Å². The van der Waals surface area contributed by atoms with E-state index in [1.54, 1.807) is 4.90 Å². The van der Waals surface area contributed by atoms with Crippen molar-refractivity contribution in [1.29, 1.82) is 0 Å². The maximum absolute atomic E-state index is 12.4. The summed E-state index contributed by atoms with van der Waals surface area (Å²) in [6.45, 7) is 3.30. The minimum Gasteiger partial charge on any atom is -0.399 e. The van der Waals surface area contributed by atoms with E-state index in [-0.39, 0.29) is 23.3 Å². The molecule has 1 aromatic carbocycles. The summed E-state index contributed by atoms with van der Waals surface area (Å²) < 4.78 is 5.49. The van der Waals surface area contributed by atoms with Crippen LogP contribution in [0.5, 0.6) is 0 Å². The monoisotopic (exact) mass is 279 g/mol. The van der Waals surface area contributed by atoms with Gasteiger partial charge in [0.1, 0.15) is 5.56 Å². The lowest BCUT2D eigenvalue weighted by atomic mass is 10.1. The normalized spacial score (nSPS) is 18.9. The highest BCUT2D eigenvalue weighted by atomic mass is 16.6. The Kier molecular flexibility index (Phi) is 4.19. The number of carbonyl (C=O) groups is 1. The third-order valence-corrected chi connectivity index (χ3v) is 3.33. The molecule has 108 valence electrons. The summed E-state index contributed by atoms with van der Waals surface area (Å²) in [6.07, 6.45) is 0.774. The predicted molar refractivity (Wildman–Crippen MR) is 73.4 cm³/mol. The summed E-state index contributed by atoms with van der Waals surface area (Å²) in [7, 11) is 0. The van der Waals surface area contributed by atoms with Crippen molar-refractivity contribution in [2.45, 2.75) is 19.4 Å². The molecule has 1 fully saturated rings. The topological polar surface area (TPSA) is 98.7 Å². The molecule has 7 nitrogen and oxygen atoms in total. The van der Waals surface area contributed by atoms with Gasteiger partial charge in [-0.3, -0.25) is 14.9 Å². The molecule has 1 saturated heterocycles. The fourth-order valence-corrected chi connectivity index (χ4v) is 2.21. The molecule has 1 unspecified atom stereocenters. The number of anilines is 1. The molecule has 0 aromatic heterocycles. The van der Waals surface area contributed by atoms with Gasteiger partial charge < -0.3 is 15.4 Å². The van der Waals surface area contributed by atoms with Gasteiger partial charge in [0, 0.05) is 24.8 Å². The Morgan fingerprint density at radius 1 is 1.60 bits per heavy atom. The first kappa shape index (κ1) is 14.3. The standard InChI is InChI=1S/C13H17N3O4/c1-2-10-8-15(5-6-20-10)13(17)11-7-9(14)3-4-12(11)16(18)19/h3-4,7,10H,2,5-6,8,14H2,1H3.